The number of aromatic nitrogens is 1. The Morgan fingerprint density at radius 3 is 2.62 bits per heavy atom. The number of fused-ring (bicyclic) bond motifs is 2. The minimum Gasteiger partial charge on any atom is -0.483 e. The van der Waals surface area contributed by atoms with E-state index in [1.807, 2.05) is 0 Å². The van der Waals surface area contributed by atoms with Crippen LogP contribution < -0.4 is 5.73 Å². The number of halogens is 2. The molecule has 7 heteroatoms. The molecule has 154 valence electrons. The Balaban J connectivity index is 0.000000183. The second kappa shape index (κ2) is 10.7. The normalized spacial score (nSPS) is 16.8. The van der Waals surface area contributed by atoms with E-state index >= 15 is 0 Å². The Labute approximate surface area is 173 Å². The van der Waals surface area contributed by atoms with E-state index in [-0.39, 0.29) is 6.47 Å². The van der Waals surface area contributed by atoms with Gasteiger partial charge in [-0.25, -0.2) is 4.39 Å². The fraction of sp³-hybridized carbons (Fsp3) is 0.273. The highest BCUT2D eigenvalue weighted by atomic mass is 35.5. The Hall–Kier alpha value is -2.70. The van der Waals surface area contributed by atoms with Gasteiger partial charge in [-0.15, -0.1) is 0 Å². The van der Waals surface area contributed by atoms with Crippen molar-refractivity contribution in [1.29, 1.82) is 0 Å². The predicted molar refractivity (Wildman–Crippen MR) is 113 cm³/mol. The Bertz CT molecular complexity index is 974. The van der Waals surface area contributed by atoms with Crippen LogP contribution >= 0.6 is 11.6 Å². The lowest BCUT2D eigenvalue weighted by atomic mass is 9.94. The number of nitrogens with one attached hydrogen (secondary N) is 1. The van der Waals surface area contributed by atoms with Crippen LogP contribution in [0.25, 0.3) is 10.9 Å². The van der Waals surface area contributed by atoms with Gasteiger partial charge in [-0.05, 0) is 48.1 Å². The summed E-state index contributed by atoms with van der Waals surface area (Å²) in [4.78, 5) is 21.4. The molecule has 0 radical (unpaired) electrons. The van der Waals surface area contributed by atoms with Gasteiger partial charge in [-0.2, -0.15) is 0 Å². The summed E-state index contributed by atoms with van der Waals surface area (Å²) in [5.74, 6) is 0.164. The van der Waals surface area contributed by atoms with Crippen molar-refractivity contribution in [3.05, 3.63) is 70.1 Å². The molecule has 0 saturated heterocycles. The van der Waals surface area contributed by atoms with E-state index in [0.29, 0.717) is 39.9 Å². The number of carboxylic acid groups (broad SMARTS) is 1. The molecule has 0 spiro atoms. The smallest absolute Gasteiger partial charge is 0.290 e. The van der Waals surface area contributed by atoms with Crippen molar-refractivity contribution in [3.63, 3.8) is 0 Å². The van der Waals surface area contributed by atoms with E-state index in [1.54, 1.807) is 12.1 Å². The van der Waals surface area contributed by atoms with Crippen LogP contribution in [-0.2, 0) is 11.2 Å². The lowest BCUT2D eigenvalue weighted by Gasteiger charge is -2.15. The second-order valence-electron chi connectivity index (χ2n) is 6.76. The van der Waals surface area contributed by atoms with E-state index in [4.69, 9.17) is 27.2 Å². The van der Waals surface area contributed by atoms with E-state index < -0.39 is 5.82 Å². The Kier molecular flexibility index (Phi) is 8.36. The molecule has 2 atom stereocenters. The van der Waals surface area contributed by atoms with E-state index in [2.05, 4.69) is 36.2 Å². The van der Waals surface area contributed by atoms with Crippen molar-refractivity contribution in [2.75, 3.05) is 0 Å². The zero-order valence-electron chi connectivity index (χ0n) is 16.1. The number of benzene rings is 2. The molecule has 29 heavy (non-hydrogen) atoms. The van der Waals surface area contributed by atoms with Gasteiger partial charge in [-0.3, -0.25) is 9.59 Å². The molecular weight excluding hydrogens is 395 g/mol. The van der Waals surface area contributed by atoms with Crippen molar-refractivity contribution >= 4 is 35.3 Å². The molecule has 1 aliphatic carbocycles. The highest BCUT2D eigenvalue weighted by molar-refractivity contribution is 6.31. The van der Waals surface area contributed by atoms with E-state index in [1.165, 1.54) is 30.0 Å². The SMILES string of the molecule is CCC[C@@H]1c2ccccc2CC1N.O=CO.O=Cc1cc2cc(Cl)cc(F)c2[nH]1. The van der Waals surface area contributed by atoms with Crippen LogP contribution in [-0.4, -0.2) is 28.9 Å². The highest BCUT2D eigenvalue weighted by Crippen LogP contribution is 2.35. The lowest BCUT2D eigenvalue weighted by molar-refractivity contribution is -0.122. The quantitative estimate of drug-likeness (QED) is 0.525. The number of aromatic amines is 1. The van der Waals surface area contributed by atoms with Crippen molar-refractivity contribution in [3.8, 4) is 0 Å². The van der Waals surface area contributed by atoms with Gasteiger partial charge in [0.15, 0.2) is 6.29 Å². The van der Waals surface area contributed by atoms with Crippen molar-refractivity contribution in [2.45, 2.75) is 38.1 Å². The van der Waals surface area contributed by atoms with Crippen LogP contribution in [0.4, 0.5) is 4.39 Å². The zero-order chi connectivity index (χ0) is 21.4. The molecule has 0 amide bonds. The summed E-state index contributed by atoms with van der Waals surface area (Å²) in [6.07, 6.45) is 4.17. The average molecular weight is 419 g/mol. The van der Waals surface area contributed by atoms with Crippen molar-refractivity contribution < 1.29 is 19.1 Å². The Morgan fingerprint density at radius 1 is 1.28 bits per heavy atom. The highest BCUT2D eigenvalue weighted by Gasteiger charge is 2.28. The molecule has 5 nitrogen and oxygen atoms in total. The lowest BCUT2D eigenvalue weighted by Crippen LogP contribution is -2.24. The van der Waals surface area contributed by atoms with Crippen molar-refractivity contribution in [1.82, 2.24) is 4.98 Å². The number of hydrogen-bond donors (Lipinski definition) is 3. The van der Waals surface area contributed by atoms with Gasteiger partial charge in [0.1, 0.15) is 5.82 Å². The summed E-state index contributed by atoms with van der Waals surface area (Å²) in [5, 5.41) is 7.81. The van der Waals surface area contributed by atoms with Gasteiger partial charge in [0.2, 0.25) is 0 Å². The van der Waals surface area contributed by atoms with Gasteiger partial charge in [0, 0.05) is 16.5 Å². The number of aldehydes is 1. The topological polar surface area (TPSA) is 96.2 Å². The van der Waals surface area contributed by atoms with Gasteiger partial charge in [-0.1, -0.05) is 49.2 Å². The number of carbonyl (C=O) groups excluding carboxylic acids is 1. The maximum absolute atomic E-state index is 13.2. The van der Waals surface area contributed by atoms with Gasteiger partial charge >= 0.3 is 0 Å². The number of hydrogen-bond acceptors (Lipinski definition) is 3. The van der Waals surface area contributed by atoms with Gasteiger partial charge in [0.25, 0.3) is 6.47 Å². The summed E-state index contributed by atoms with van der Waals surface area (Å²) < 4.78 is 13.2. The first-order valence-electron chi connectivity index (χ1n) is 9.29. The second-order valence-corrected chi connectivity index (χ2v) is 7.20. The average Bonchev–Trinajstić information content (AvgIpc) is 3.24. The number of H-pyrrole nitrogens is 1. The fourth-order valence-electron chi connectivity index (χ4n) is 3.64. The molecule has 0 fully saturated rings. The van der Waals surface area contributed by atoms with Crippen LogP contribution in [0.5, 0.6) is 0 Å². The minimum atomic E-state index is -0.449. The van der Waals surface area contributed by atoms with Gasteiger partial charge in [0.05, 0.1) is 11.2 Å². The molecule has 0 bridgehead atoms. The molecule has 0 saturated carbocycles. The van der Waals surface area contributed by atoms with Crippen LogP contribution in [0.2, 0.25) is 5.02 Å². The van der Waals surface area contributed by atoms with Gasteiger partial charge < -0.3 is 15.8 Å². The third-order valence-electron chi connectivity index (χ3n) is 4.82. The number of carbonyl (C=O) groups is 2. The fourth-order valence-corrected chi connectivity index (χ4v) is 3.85. The van der Waals surface area contributed by atoms with Crippen molar-refractivity contribution in [2.24, 2.45) is 5.73 Å². The molecule has 3 aromatic rings. The Morgan fingerprint density at radius 2 is 1.97 bits per heavy atom. The summed E-state index contributed by atoms with van der Waals surface area (Å²) in [5.41, 5.74) is 9.73. The number of nitrogens with two attached hydrogens (primary N) is 1. The third-order valence-corrected chi connectivity index (χ3v) is 5.04. The first-order valence-corrected chi connectivity index (χ1v) is 9.67. The molecule has 1 aromatic heterocycles. The van der Waals surface area contributed by atoms with Crippen LogP contribution in [0.3, 0.4) is 0 Å². The maximum Gasteiger partial charge on any atom is 0.290 e. The summed E-state index contributed by atoms with van der Waals surface area (Å²) >= 11 is 5.63. The molecular formula is C22H24ClFN2O3. The molecule has 0 aliphatic heterocycles. The predicted octanol–water partition coefficient (Wildman–Crippen LogP) is 4.93. The maximum atomic E-state index is 13.2. The molecule has 1 unspecified atom stereocenters. The first-order chi connectivity index (χ1) is 13.9. The summed E-state index contributed by atoms with van der Waals surface area (Å²) in [6.45, 7) is 1.98. The number of rotatable bonds is 3. The summed E-state index contributed by atoms with van der Waals surface area (Å²) in [7, 11) is 0. The summed E-state index contributed by atoms with van der Waals surface area (Å²) in [6, 6.07) is 13.4. The molecule has 4 N–H and O–H groups in total. The van der Waals surface area contributed by atoms with Crippen LogP contribution in [0.1, 0.15) is 47.3 Å². The van der Waals surface area contributed by atoms with Crippen LogP contribution in [0.15, 0.2) is 42.5 Å². The largest absolute Gasteiger partial charge is 0.483 e. The standard InChI is InChI=1S/C12H17N.C9H5ClFNO.CH2O2/c1-2-5-11-10-7-4-3-6-9(10)8-12(11)13;10-6-1-5-2-7(4-13)12-9(5)8(11)3-6;2-1-3/h3-4,6-7,11-12H,2,5,8,13H2,1H3;1-4,12H;1H,(H,2,3)/t11-,12?;;/m1../s1. The first kappa shape index (κ1) is 22.6. The molecule has 1 heterocycles. The van der Waals surface area contributed by atoms with E-state index in [9.17, 15) is 9.18 Å². The monoisotopic (exact) mass is 418 g/mol. The van der Waals surface area contributed by atoms with E-state index in [0.717, 1.165) is 6.42 Å². The third kappa shape index (κ3) is 5.65. The molecule has 4 rings (SSSR count). The zero-order valence-corrected chi connectivity index (χ0v) is 16.8. The molecule has 2 aromatic carbocycles. The molecule has 1 aliphatic rings. The van der Waals surface area contributed by atoms with Crippen LogP contribution in [0, 0.1) is 5.82 Å². The minimum absolute atomic E-state index is 0.250.